The molecule has 0 atom stereocenters. The minimum Gasteiger partial charge on any atom is -0.487 e. The molecule has 0 aliphatic rings. The summed E-state index contributed by atoms with van der Waals surface area (Å²) in [7, 11) is 0. The van der Waals surface area contributed by atoms with Crippen molar-refractivity contribution >= 4 is 27.5 Å². The van der Waals surface area contributed by atoms with Crippen molar-refractivity contribution in [1.82, 2.24) is 0 Å². The summed E-state index contributed by atoms with van der Waals surface area (Å²) in [5.74, 6) is -0.815. The summed E-state index contributed by atoms with van der Waals surface area (Å²) in [4.78, 5) is 10.3. The lowest BCUT2D eigenvalue weighted by Crippen LogP contribution is -2.33. The first-order valence-corrected chi connectivity index (χ1v) is 6.72. The van der Waals surface area contributed by atoms with Gasteiger partial charge in [0.25, 0.3) is 0 Å². The van der Waals surface area contributed by atoms with E-state index in [1.165, 1.54) is 0 Å². The van der Waals surface area contributed by atoms with Crippen molar-refractivity contribution in [2.24, 2.45) is 16.3 Å². The molecule has 21 heavy (non-hydrogen) atoms. The van der Waals surface area contributed by atoms with Gasteiger partial charge in [-0.2, -0.15) is 0 Å². The molecule has 1 rings (SSSR count). The Morgan fingerprint density at radius 2 is 2.24 bits per heavy atom. The minimum atomic E-state index is -0.661. The number of nitro groups is 1. The maximum absolute atomic E-state index is 13.4. The normalized spacial score (nSPS) is 12.3. The van der Waals surface area contributed by atoms with E-state index in [1.54, 1.807) is 13.8 Å². The Morgan fingerprint density at radius 1 is 1.62 bits per heavy atom. The van der Waals surface area contributed by atoms with E-state index in [9.17, 15) is 14.5 Å². The van der Waals surface area contributed by atoms with Crippen LogP contribution < -0.4 is 10.5 Å². The molecule has 0 saturated heterocycles. The first kappa shape index (κ1) is 17.2. The fraction of sp³-hybridized carbons (Fsp3) is 0.417. The highest BCUT2D eigenvalue weighted by Gasteiger charge is 2.25. The Kier molecular flexibility index (Phi) is 5.47. The summed E-state index contributed by atoms with van der Waals surface area (Å²) in [5, 5.41) is 22.5. The molecular weight excluding hydrogens is 349 g/mol. The highest BCUT2D eigenvalue weighted by molar-refractivity contribution is 9.10. The first-order valence-electron chi connectivity index (χ1n) is 5.93. The summed E-state index contributed by atoms with van der Waals surface area (Å²) < 4.78 is 18.7. The number of hydrogen-bond acceptors (Lipinski definition) is 5. The van der Waals surface area contributed by atoms with Crippen LogP contribution in [0.3, 0.4) is 0 Å². The molecule has 0 aliphatic heterocycles. The third-order valence-corrected chi connectivity index (χ3v) is 3.59. The predicted octanol–water partition coefficient (Wildman–Crippen LogP) is 3.04. The Labute approximate surface area is 128 Å². The fourth-order valence-corrected chi connectivity index (χ4v) is 1.79. The van der Waals surface area contributed by atoms with E-state index in [0.29, 0.717) is 6.42 Å². The van der Waals surface area contributed by atoms with Crippen LogP contribution in [0.25, 0.3) is 0 Å². The average molecular weight is 364 g/mol. The van der Waals surface area contributed by atoms with Crippen LogP contribution in [-0.4, -0.2) is 22.6 Å². The van der Waals surface area contributed by atoms with Crippen molar-refractivity contribution in [3.8, 4) is 5.75 Å². The maximum atomic E-state index is 13.4. The zero-order chi connectivity index (χ0) is 16.2. The quantitative estimate of drug-likeness (QED) is 0.265. The summed E-state index contributed by atoms with van der Waals surface area (Å²) in [6.07, 6.45) is 0.331. The third kappa shape index (κ3) is 4.28. The van der Waals surface area contributed by atoms with Crippen LogP contribution in [0.15, 0.2) is 21.8 Å². The summed E-state index contributed by atoms with van der Waals surface area (Å²) in [6.45, 7) is 3.50. The Balaban J connectivity index is 2.85. The van der Waals surface area contributed by atoms with Gasteiger partial charge in [-0.3, -0.25) is 10.1 Å². The zero-order valence-corrected chi connectivity index (χ0v) is 13.1. The molecule has 0 fully saturated rings. The second-order valence-electron chi connectivity index (χ2n) is 4.96. The van der Waals surface area contributed by atoms with Gasteiger partial charge in [0, 0.05) is 17.5 Å². The molecule has 0 saturated carbocycles. The smallest absolute Gasteiger partial charge is 0.312 e. The summed E-state index contributed by atoms with van der Waals surface area (Å²) in [5.41, 5.74) is 4.52. The number of halogens is 2. The second-order valence-corrected chi connectivity index (χ2v) is 5.81. The number of rotatable bonds is 6. The van der Waals surface area contributed by atoms with Gasteiger partial charge in [0.05, 0.1) is 16.0 Å². The minimum absolute atomic E-state index is 0.0152. The van der Waals surface area contributed by atoms with E-state index < -0.39 is 16.2 Å². The van der Waals surface area contributed by atoms with E-state index in [2.05, 4.69) is 21.1 Å². The lowest BCUT2D eigenvalue weighted by molar-refractivity contribution is -0.386. The lowest BCUT2D eigenvalue weighted by atomic mass is 9.88. The average Bonchev–Trinajstić information content (AvgIpc) is 2.40. The van der Waals surface area contributed by atoms with Crippen molar-refractivity contribution in [3.05, 3.63) is 32.5 Å². The molecule has 0 radical (unpaired) electrons. The van der Waals surface area contributed by atoms with E-state index in [-0.39, 0.29) is 28.4 Å². The van der Waals surface area contributed by atoms with E-state index in [4.69, 9.17) is 15.7 Å². The van der Waals surface area contributed by atoms with Crippen molar-refractivity contribution in [1.29, 1.82) is 0 Å². The molecule has 0 unspecified atom stereocenters. The van der Waals surface area contributed by atoms with Gasteiger partial charge in [-0.1, -0.05) is 19.0 Å². The second kappa shape index (κ2) is 6.70. The number of nitrogens with two attached hydrogens (primary N) is 1. The largest absolute Gasteiger partial charge is 0.487 e. The van der Waals surface area contributed by atoms with Gasteiger partial charge >= 0.3 is 5.69 Å². The van der Waals surface area contributed by atoms with Gasteiger partial charge in [0.2, 0.25) is 0 Å². The molecular formula is C12H15BrFN3O4. The summed E-state index contributed by atoms with van der Waals surface area (Å²) in [6, 6.07) is 1.98. The predicted molar refractivity (Wildman–Crippen MR) is 78.1 cm³/mol. The first-order chi connectivity index (χ1) is 9.69. The van der Waals surface area contributed by atoms with Gasteiger partial charge < -0.3 is 15.7 Å². The van der Waals surface area contributed by atoms with Crippen LogP contribution in [0, 0.1) is 21.3 Å². The SMILES string of the molecule is CC(C)(CCOc1cc(F)c(Br)cc1[N+](=O)[O-])/C(N)=N/O. The monoisotopic (exact) mass is 363 g/mol. The standard InChI is InChI=1S/C12H15BrFN3O4/c1-12(2,11(15)16-18)3-4-21-10-6-8(14)7(13)5-9(10)17(19)20/h5-6,18H,3-4H2,1-2H3,(H2,15,16). The van der Waals surface area contributed by atoms with Crippen molar-refractivity contribution in [3.63, 3.8) is 0 Å². The molecule has 116 valence electrons. The number of benzene rings is 1. The Morgan fingerprint density at radius 3 is 2.76 bits per heavy atom. The van der Waals surface area contributed by atoms with Gasteiger partial charge in [-0.05, 0) is 22.4 Å². The van der Waals surface area contributed by atoms with Gasteiger partial charge in [0.1, 0.15) is 11.7 Å². The Hall–Kier alpha value is -1.90. The number of amidine groups is 1. The van der Waals surface area contributed by atoms with Crippen LogP contribution in [0.4, 0.5) is 10.1 Å². The molecule has 0 spiro atoms. The van der Waals surface area contributed by atoms with Crippen molar-refractivity contribution in [2.45, 2.75) is 20.3 Å². The lowest BCUT2D eigenvalue weighted by Gasteiger charge is -2.22. The van der Waals surface area contributed by atoms with Crippen LogP contribution in [-0.2, 0) is 0 Å². The van der Waals surface area contributed by atoms with Crippen LogP contribution >= 0.6 is 15.9 Å². The highest BCUT2D eigenvalue weighted by Crippen LogP contribution is 2.33. The van der Waals surface area contributed by atoms with Crippen molar-refractivity contribution in [2.75, 3.05) is 6.61 Å². The molecule has 1 aromatic rings. The molecule has 0 heterocycles. The summed E-state index contributed by atoms with van der Waals surface area (Å²) >= 11 is 2.88. The fourth-order valence-electron chi connectivity index (χ4n) is 1.46. The number of nitro benzene ring substituents is 1. The molecule has 0 amide bonds. The van der Waals surface area contributed by atoms with E-state index >= 15 is 0 Å². The third-order valence-electron chi connectivity index (χ3n) is 2.98. The van der Waals surface area contributed by atoms with Gasteiger partial charge in [-0.15, -0.1) is 0 Å². The molecule has 0 aromatic heterocycles. The topological polar surface area (TPSA) is 111 Å². The molecule has 3 N–H and O–H groups in total. The van der Waals surface area contributed by atoms with E-state index in [0.717, 1.165) is 12.1 Å². The zero-order valence-electron chi connectivity index (χ0n) is 11.5. The van der Waals surface area contributed by atoms with Gasteiger partial charge in [0.15, 0.2) is 5.75 Å². The molecule has 0 aliphatic carbocycles. The molecule has 0 bridgehead atoms. The van der Waals surface area contributed by atoms with Crippen LogP contribution in [0.1, 0.15) is 20.3 Å². The Bertz CT molecular complexity index is 578. The highest BCUT2D eigenvalue weighted by atomic mass is 79.9. The molecule has 1 aromatic carbocycles. The van der Waals surface area contributed by atoms with Crippen molar-refractivity contribution < 1.29 is 19.3 Å². The number of oxime groups is 1. The number of hydrogen-bond donors (Lipinski definition) is 2. The maximum Gasteiger partial charge on any atom is 0.312 e. The number of nitrogens with zero attached hydrogens (tertiary/aromatic N) is 2. The van der Waals surface area contributed by atoms with Crippen LogP contribution in [0.2, 0.25) is 0 Å². The van der Waals surface area contributed by atoms with Crippen LogP contribution in [0.5, 0.6) is 5.75 Å². The molecule has 7 nitrogen and oxygen atoms in total. The van der Waals surface area contributed by atoms with Gasteiger partial charge in [-0.25, -0.2) is 4.39 Å². The molecule has 9 heteroatoms. The van der Waals surface area contributed by atoms with E-state index in [1.807, 2.05) is 0 Å². The number of ether oxygens (including phenoxy) is 1.